The van der Waals surface area contributed by atoms with Crippen molar-refractivity contribution >= 4 is 5.97 Å². The molecule has 1 aromatic heterocycles. The number of pyridine rings is 1. The van der Waals surface area contributed by atoms with Crippen LogP contribution in [0.4, 0.5) is 0 Å². The smallest absolute Gasteiger partial charge is 0.306 e. The van der Waals surface area contributed by atoms with Gasteiger partial charge in [0.25, 0.3) is 0 Å². The van der Waals surface area contributed by atoms with Crippen molar-refractivity contribution in [3.8, 4) is 0 Å². The highest BCUT2D eigenvalue weighted by molar-refractivity contribution is 5.69. The predicted molar refractivity (Wildman–Crippen MR) is 75.1 cm³/mol. The molecule has 0 N–H and O–H groups in total. The Morgan fingerprint density at radius 2 is 2.45 bits per heavy atom. The van der Waals surface area contributed by atoms with Crippen molar-refractivity contribution in [1.82, 2.24) is 9.88 Å². The second kappa shape index (κ2) is 7.97. The third-order valence-corrected chi connectivity index (χ3v) is 3.46. The molecule has 1 aliphatic rings. The molecule has 2 heterocycles. The fraction of sp³-hybridized carbons (Fsp3) is 0.600. The summed E-state index contributed by atoms with van der Waals surface area (Å²) >= 11 is 0. The summed E-state index contributed by atoms with van der Waals surface area (Å²) in [6.45, 7) is 3.09. The molecule has 0 saturated carbocycles. The normalized spacial score (nSPS) is 18.4. The highest BCUT2D eigenvalue weighted by Gasteiger charge is 2.20. The topological polar surface area (TPSA) is 51.7 Å². The van der Waals surface area contributed by atoms with Gasteiger partial charge in [-0.1, -0.05) is 6.07 Å². The maximum absolute atomic E-state index is 11.3. The van der Waals surface area contributed by atoms with Crippen molar-refractivity contribution in [2.45, 2.75) is 31.9 Å². The van der Waals surface area contributed by atoms with Gasteiger partial charge in [0.05, 0.1) is 25.3 Å². The van der Waals surface area contributed by atoms with E-state index in [1.807, 2.05) is 18.2 Å². The fourth-order valence-electron chi connectivity index (χ4n) is 2.38. The molecule has 0 aliphatic carbocycles. The van der Waals surface area contributed by atoms with Crippen LogP contribution in [0.15, 0.2) is 24.4 Å². The number of nitrogens with zero attached hydrogens (tertiary/aromatic N) is 2. The van der Waals surface area contributed by atoms with Gasteiger partial charge in [-0.3, -0.25) is 14.7 Å². The summed E-state index contributed by atoms with van der Waals surface area (Å²) in [4.78, 5) is 17.9. The first-order valence-corrected chi connectivity index (χ1v) is 7.08. The van der Waals surface area contributed by atoms with Crippen molar-refractivity contribution in [1.29, 1.82) is 0 Å². The summed E-state index contributed by atoms with van der Waals surface area (Å²) in [5, 5.41) is 0. The monoisotopic (exact) mass is 278 g/mol. The van der Waals surface area contributed by atoms with Gasteiger partial charge in [-0.15, -0.1) is 0 Å². The van der Waals surface area contributed by atoms with E-state index in [2.05, 4.69) is 9.88 Å². The van der Waals surface area contributed by atoms with Crippen LogP contribution in [0.2, 0.25) is 0 Å². The van der Waals surface area contributed by atoms with Crippen LogP contribution in [-0.2, 0) is 20.8 Å². The molecule has 0 bridgehead atoms. The SMILES string of the molecule is COC(=O)CCN(Cc1ccccn1)CC1CCCO1. The molecule has 1 unspecified atom stereocenters. The van der Waals surface area contributed by atoms with Crippen LogP contribution < -0.4 is 0 Å². The lowest BCUT2D eigenvalue weighted by Gasteiger charge is -2.24. The Hall–Kier alpha value is -1.46. The lowest BCUT2D eigenvalue weighted by Crippen LogP contribution is -2.34. The van der Waals surface area contributed by atoms with Crippen molar-refractivity contribution in [3.05, 3.63) is 30.1 Å². The average molecular weight is 278 g/mol. The Morgan fingerprint density at radius 3 is 3.10 bits per heavy atom. The minimum absolute atomic E-state index is 0.177. The van der Waals surface area contributed by atoms with Gasteiger partial charge in [-0.05, 0) is 25.0 Å². The van der Waals surface area contributed by atoms with Gasteiger partial charge in [0.15, 0.2) is 0 Å². The van der Waals surface area contributed by atoms with Crippen LogP contribution in [0.5, 0.6) is 0 Å². The molecule has 0 aromatic carbocycles. The number of ether oxygens (including phenoxy) is 2. The first-order valence-electron chi connectivity index (χ1n) is 7.08. The van der Waals surface area contributed by atoms with Crippen LogP contribution in [0.3, 0.4) is 0 Å². The largest absolute Gasteiger partial charge is 0.469 e. The van der Waals surface area contributed by atoms with E-state index in [4.69, 9.17) is 9.47 Å². The predicted octanol–water partition coefficient (Wildman–Crippen LogP) is 1.63. The number of hydrogen-bond donors (Lipinski definition) is 0. The van der Waals surface area contributed by atoms with Crippen LogP contribution in [-0.4, -0.2) is 48.8 Å². The molecular weight excluding hydrogens is 256 g/mol. The molecule has 1 aliphatic heterocycles. The molecule has 1 aromatic rings. The fourth-order valence-corrected chi connectivity index (χ4v) is 2.38. The van der Waals surface area contributed by atoms with Gasteiger partial charge in [0, 0.05) is 32.4 Å². The summed E-state index contributed by atoms with van der Waals surface area (Å²) < 4.78 is 10.4. The maximum atomic E-state index is 11.3. The Morgan fingerprint density at radius 1 is 1.55 bits per heavy atom. The highest BCUT2D eigenvalue weighted by atomic mass is 16.5. The molecule has 0 spiro atoms. The third kappa shape index (κ3) is 4.90. The second-order valence-corrected chi connectivity index (χ2v) is 5.02. The minimum atomic E-state index is -0.177. The van der Waals surface area contributed by atoms with Gasteiger partial charge in [-0.2, -0.15) is 0 Å². The lowest BCUT2D eigenvalue weighted by atomic mass is 10.2. The van der Waals surface area contributed by atoms with E-state index in [1.54, 1.807) is 6.20 Å². The molecule has 1 saturated heterocycles. The zero-order valence-corrected chi connectivity index (χ0v) is 12.0. The Labute approximate surface area is 119 Å². The van der Waals surface area contributed by atoms with E-state index in [0.717, 1.165) is 38.2 Å². The number of rotatable bonds is 7. The van der Waals surface area contributed by atoms with E-state index in [-0.39, 0.29) is 12.1 Å². The first kappa shape index (κ1) is 14.9. The van der Waals surface area contributed by atoms with Crippen molar-refractivity contribution < 1.29 is 14.3 Å². The summed E-state index contributed by atoms with van der Waals surface area (Å²) in [5.41, 5.74) is 1.01. The first-order chi connectivity index (χ1) is 9.78. The van der Waals surface area contributed by atoms with Gasteiger partial charge in [0.1, 0.15) is 0 Å². The zero-order chi connectivity index (χ0) is 14.2. The maximum Gasteiger partial charge on any atom is 0.306 e. The molecular formula is C15H22N2O3. The standard InChI is InChI=1S/C15H22N2O3/c1-19-15(18)7-9-17(12-14-6-4-10-20-14)11-13-5-2-3-8-16-13/h2-3,5,8,14H,4,6-7,9-12H2,1H3. The van der Waals surface area contributed by atoms with Gasteiger partial charge in [-0.25, -0.2) is 0 Å². The van der Waals surface area contributed by atoms with Gasteiger partial charge in [0.2, 0.25) is 0 Å². The second-order valence-electron chi connectivity index (χ2n) is 5.02. The molecule has 1 atom stereocenters. The summed E-state index contributed by atoms with van der Waals surface area (Å²) in [7, 11) is 1.42. The number of carbonyl (C=O) groups is 1. The highest BCUT2D eigenvalue weighted by Crippen LogP contribution is 2.15. The number of hydrogen-bond acceptors (Lipinski definition) is 5. The summed E-state index contributed by atoms with van der Waals surface area (Å²) in [5.74, 6) is -0.177. The van der Waals surface area contributed by atoms with Crippen molar-refractivity contribution in [2.75, 3.05) is 26.8 Å². The number of methoxy groups -OCH3 is 1. The summed E-state index contributed by atoms with van der Waals surface area (Å²) in [6, 6.07) is 5.88. The molecule has 0 amide bonds. The van der Waals surface area contributed by atoms with Crippen LogP contribution >= 0.6 is 0 Å². The molecule has 5 nitrogen and oxygen atoms in total. The van der Waals surface area contributed by atoms with E-state index >= 15 is 0 Å². The molecule has 0 radical (unpaired) electrons. The minimum Gasteiger partial charge on any atom is -0.469 e. The van der Waals surface area contributed by atoms with E-state index in [9.17, 15) is 4.79 Å². The van der Waals surface area contributed by atoms with Crippen molar-refractivity contribution in [2.24, 2.45) is 0 Å². The number of carbonyl (C=O) groups excluding carboxylic acids is 1. The van der Waals surface area contributed by atoms with E-state index < -0.39 is 0 Å². The molecule has 1 fully saturated rings. The number of aromatic nitrogens is 1. The Kier molecular flexibility index (Phi) is 5.95. The van der Waals surface area contributed by atoms with Crippen LogP contribution in [0.25, 0.3) is 0 Å². The average Bonchev–Trinajstić information content (AvgIpc) is 2.98. The number of esters is 1. The summed E-state index contributed by atoms with van der Waals surface area (Å²) in [6.07, 6.45) is 4.68. The van der Waals surface area contributed by atoms with E-state index in [1.165, 1.54) is 7.11 Å². The molecule has 20 heavy (non-hydrogen) atoms. The molecule has 2 rings (SSSR count). The quantitative estimate of drug-likeness (QED) is 0.709. The van der Waals surface area contributed by atoms with Crippen LogP contribution in [0.1, 0.15) is 25.0 Å². The van der Waals surface area contributed by atoms with Crippen LogP contribution in [0, 0.1) is 0 Å². The van der Waals surface area contributed by atoms with Gasteiger partial charge >= 0.3 is 5.97 Å². The molecule has 5 heteroatoms. The van der Waals surface area contributed by atoms with E-state index in [0.29, 0.717) is 13.0 Å². The Bertz CT molecular complexity index is 405. The Balaban J connectivity index is 1.89. The lowest BCUT2D eigenvalue weighted by molar-refractivity contribution is -0.141. The zero-order valence-electron chi connectivity index (χ0n) is 12.0. The third-order valence-electron chi connectivity index (χ3n) is 3.46. The van der Waals surface area contributed by atoms with Gasteiger partial charge < -0.3 is 9.47 Å². The molecule has 110 valence electrons. The van der Waals surface area contributed by atoms with Crippen molar-refractivity contribution in [3.63, 3.8) is 0 Å².